The molecule has 0 bridgehead atoms. The number of hydrogen-bond donors (Lipinski definition) is 0. The maximum atomic E-state index is 2.28. The van der Waals surface area contributed by atoms with Crippen molar-refractivity contribution >= 4 is 0 Å². The van der Waals surface area contributed by atoms with Crippen molar-refractivity contribution < 1.29 is 0 Å². The van der Waals surface area contributed by atoms with Crippen LogP contribution in [0, 0.1) is 5.41 Å². The predicted molar refractivity (Wildman–Crippen MR) is 45.9 cm³/mol. The summed E-state index contributed by atoms with van der Waals surface area (Å²) in [4.78, 5) is 0. The Kier molecular flexibility index (Phi) is 1.98. The summed E-state index contributed by atoms with van der Waals surface area (Å²) >= 11 is 0. The Morgan fingerprint density at radius 1 is 1.50 bits per heavy atom. The van der Waals surface area contributed by atoms with Crippen LogP contribution in [0.1, 0.15) is 33.6 Å². The molecule has 0 atom stereocenters. The molecule has 0 radical (unpaired) electrons. The third-order valence-corrected chi connectivity index (χ3v) is 2.02. The van der Waals surface area contributed by atoms with E-state index < -0.39 is 0 Å². The van der Waals surface area contributed by atoms with Gasteiger partial charge in [0.25, 0.3) is 0 Å². The van der Waals surface area contributed by atoms with Crippen LogP contribution in [0.15, 0.2) is 23.8 Å². The topological polar surface area (TPSA) is 0 Å². The number of allylic oxidation sites excluding steroid dienone is 4. The zero-order valence-corrected chi connectivity index (χ0v) is 7.15. The Bertz CT molecular complexity index is 170. The van der Waals surface area contributed by atoms with Gasteiger partial charge < -0.3 is 0 Å². The van der Waals surface area contributed by atoms with Crippen LogP contribution in [0.25, 0.3) is 0 Å². The molecule has 0 nitrogen and oxygen atoms in total. The highest BCUT2D eigenvalue weighted by Crippen LogP contribution is 2.31. The van der Waals surface area contributed by atoms with E-state index in [0.717, 1.165) is 0 Å². The average molecular weight is 136 g/mol. The normalized spacial score (nSPS) is 22.5. The number of hydrogen-bond acceptors (Lipinski definition) is 0. The molecule has 56 valence electrons. The van der Waals surface area contributed by atoms with Crippen molar-refractivity contribution in [1.29, 1.82) is 0 Å². The van der Waals surface area contributed by atoms with E-state index in [4.69, 9.17) is 0 Å². The van der Waals surface area contributed by atoms with Crippen LogP contribution in [0.4, 0.5) is 0 Å². The highest BCUT2D eigenvalue weighted by molar-refractivity contribution is 5.22. The summed E-state index contributed by atoms with van der Waals surface area (Å²) in [7, 11) is 0. The third kappa shape index (κ3) is 1.73. The van der Waals surface area contributed by atoms with Crippen molar-refractivity contribution in [2.24, 2.45) is 5.41 Å². The summed E-state index contributed by atoms with van der Waals surface area (Å²) in [6, 6.07) is 0. The molecule has 0 spiro atoms. The van der Waals surface area contributed by atoms with E-state index >= 15 is 0 Å². The van der Waals surface area contributed by atoms with Gasteiger partial charge in [0, 0.05) is 0 Å². The molecule has 0 N–H and O–H groups in total. The first-order chi connectivity index (χ1) is 4.64. The molecule has 0 aromatic rings. The Morgan fingerprint density at radius 2 is 2.20 bits per heavy atom. The second-order valence-corrected chi connectivity index (χ2v) is 3.70. The van der Waals surface area contributed by atoms with E-state index in [1.54, 1.807) is 5.57 Å². The largest absolute Gasteiger partial charge is 0.0785 e. The standard InChI is InChI=1S/C10H16/c1-4-9-6-5-7-10(2,3)8-9/h5-7H,4,8H2,1-3H3. The smallest absolute Gasteiger partial charge is 0.0134 e. The predicted octanol–water partition coefficient (Wildman–Crippen LogP) is 3.31. The van der Waals surface area contributed by atoms with Gasteiger partial charge in [-0.1, -0.05) is 44.6 Å². The Balaban J connectivity index is 2.68. The molecule has 0 saturated heterocycles. The zero-order valence-electron chi connectivity index (χ0n) is 7.15. The summed E-state index contributed by atoms with van der Waals surface area (Å²) < 4.78 is 0. The first kappa shape index (κ1) is 7.59. The summed E-state index contributed by atoms with van der Waals surface area (Å²) in [6.45, 7) is 6.79. The molecule has 0 aromatic heterocycles. The first-order valence-electron chi connectivity index (χ1n) is 4.01. The second kappa shape index (κ2) is 2.61. The van der Waals surface area contributed by atoms with Crippen molar-refractivity contribution in [2.45, 2.75) is 33.6 Å². The van der Waals surface area contributed by atoms with E-state index in [-0.39, 0.29) is 0 Å². The Morgan fingerprint density at radius 3 is 2.60 bits per heavy atom. The Labute approximate surface area is 63.6 Å². The molecule has 0 heteroatoms. The molecule has 1 aliphatic carbocycles. The molecule has 0 fully saturated rings. The monoisotopic (exact) mass is 136 g/mol. The summed E-state index contributed by atoms with van der Waals surface area (Å²) in [6.07, 6.45) is 9.15. The third-order valence-electron chi connectivity index (χ3n) is 2.02. The molecule has 1 aliphatic rings. The van der Waals surface area contributed by atoms with Crippen LogP contribution in [0.2, 0.25) is 0 Å². The molecule has 0 heterocycles. The molecule has 0 unspecified atom stereocenters. The van der Waals surface area contributed by atoms with Crippen LogP contribution in [0.5, 0.6) is 0 Å². The first-order valence-corrected chi connectivity index (χ1v) is 4.01. The van der Waals surface area contributed by atoms with Crippen molar-refractivity contribution in [1.82, 2.24) is 0 Å². The van der Waals surface area contributed by atoms with Crippen LogP contribution < -0.4 is 0 Å². The van der Waals surface area contributed by atoms with Crippen LogP contribution in [-0.4, -0.2) is 0 Å². The quantitative estimate of drug-likeness (QED) is 0.518. The van der Waals surface area contributed by atoms with Crippen molar-refractivity contribution in [2.75, 3.05) is 0 Å². The molecule has 0 aromatic carbocycles. The lowest BCUT2D eigenvalue weighted by Crippen LogP contribution is -2.10. The summed E-state index contributed by atoms with van der Waals surface area (Å²) in [5.74, 6) is 0. The van der Waals surface area contributed by atoms with Gasteiger partial charge in [0.1, 0.15) is 0 Å². The fraction of sp³-hybridized carbons (Fsp3) is 0.600. The van der Waals surface area contributed by atoms with Crippen molar-refractivity contribution in [3.8, 4) is 0 Å². The Hall–Kier alpha value is -0.520. The highest BCUT2D eigenvalue weighted by atomic mass is 14.2. The molecule has 1 rings (SSSR count). The minimum absolute atomic E-state index is 0.403. The van der Waals surface area contributed by atoms with Gasteiger partial charge in [-0.25, -0.2) is 0 Å². The van der Waals surface area contributed by atoms with Gasteiger partial charge in [-0.15, -0.1) is 0 Å². The maximum Gasteiger partial charge on any atom is -0.0134 e. The zero-order chi connectivity index (χ0) is 7.61. The van der Waals surface area contributed by atoms with E-state index in [1.165, 1.54) is 12.8 Å². The van der Waals surface area contributed by atoms with E-state index in [0.29, 0.717) is 5.41 Å². The van der Waals surface area contributed by atoms with Gasteiger partial charge in [-0.3, -0.25) is 0 Å². The van der Waals surface area contributed by atoms with Gasteiger partial charge in [-0.05, 0) is 18.3 Å². The van der Waals surface area contributed by atoms with Crippen LogP contribution in [-0.2, 0) is 0 Å². The summed E-state index contributed by atoms with van der Waals surface area (Å²) in [5.41, 5.74) is 1.98. The molecule has 0 amide bonds. The lowest BCUT2D eigenvalue weighted by Gasteiger charge is -2.24. The molecular formula is C10H16. The highest BCUT2D eigenvalue weighted by Gasteiger charge is 2.16. The summed E-state index contributed by atoms with van der Waals surface area (Å²) in [5, 5.41) is 0. The minimum atomic E-state index is 0.403. The van der Waals surface area contributed by atoms with E-state index in [1.807, 2.05) is 0 Å². The molecule has 0 aliphatic heterocycles. The minimum Gasteiger partial charge on any atom is -0.0785 e. The van der Waals surface area contributed by atoms with Gasteiger partial charge in [-0.2, -0.15) is 0 Å². The van der Waals surface area contributed by atoms with Crippen LogP contribution >= 0.6 is 0 Å². The van der Waals surface area contributed by atoms with Crippen molar-refractivity contribution in [3.63, 3.8) is 0 Å². The maximum absolute atomic E-state index is 2.28. The molecule has 10 heavy (non-hydrogen) atoms. The van der Waals surface area contributed by atoms with Crippen molar-refractivity contribution in [3.05, 3.63) is 23.8 Å². The van der Waals surface area contributed by atoms with Gasteiger partial charge in [0.15, 0.2) is 0 Å². The fourth-order valence-corrected chi connectivity index (χ4v) is 1.39. The lowest BCUT2D eigenvalue weighted by atomic mass is 9.81. The van der Waals surface area contributed by atoms with Gasteiger partial charge in [0.2, 0.25) is 0 Å². The SMILES string of the molecule is CCC1=CC=CC(C)(C)C1. The fourth-order valence-electron chi connectivity index (χ4n) is 1.39. The molecular weight excluding hydrogens is 120 g/mol. The molecule has 0 saturated carbocycles. The number of rotatable bonds is 1. The average Bonchev–Trinajstić information content (AvgIpc) is 1.86. The van der Waals surface area contributed by atoms with Crippen LogP contribution in [0.3, 0.4) is 0 Å². The van der Waals surface area contributed by atoms with E-state index in [9.17, 15) is 0 Å². The van der Waals surface area contributed by atoms with E-state index in [2.05, 4.69) is 39.0 Å². The second-order valence-electron chi connectivity index (χ2n) is 3.70. The van der Waals surface area contributed by atoms with Gasteiger partial charge in [0.05, 0.1) is 0 Å². The van der Waals surface area contributed by atoms with Gasteiger partial charge >= 0.3 is 0 Å². The lowest BCUT2D eigenvalue weighted by molar-refractivity contribution is 0.464.